The molecule has 0 fully saturated rings. The zero-order chi connectivity index (χ0) is 42.3. The maximum atomic E-state index is 14.7. The van der Waals surface area contributed by atoms with Gasteiger partial charge in [-0.2, -0.15) is 0 Å². The van der Waals surface area contributed by atoms with Gasteiger partial charge in [0.1, 0.15) is 34.8 Å². The van der Waals surface area contributed by atoms with Gasteiger partial charge < -0.3 is 34.8 Å². The van der Waals surface area contributed by atoms with E-state index < -0.39 is 53.9 Å². The van der Waals surface area contributed by atoms with Crippen molar-refractivity contribution in [3.63, 3.8) is 0 Å². The molecule has 0 saturated carbocycles. The Morgan fingerprint density at radius 1 is 1.00 bits per heavy atom. The van der Waals surface area contributed by atoms with E-state index >= 15 is 0 Å². The SMILES string of the molecule is CCCC(C)CC[C@@H]1N=c2c3c(O)c4c(O)c(C)c(OCC)c(c4c2=N1)C(=O)CC[C@H](OC)[C@@H](C)[C@@H](OC(C)=O)[C@H](C)[C@H](O)[C@H](C)C[C@@H](C)/C=C/C=C(/C)C(=O)N3. The number of Topliss-reactive ketones (excluding diaryl/α,β-unsaturated/α-hetero) is 1. The number of benzene rings is 2. The van der Waals surface area contributed by atoms with Crippen molar-refractivity contribution in [3.8, 4) is 17.2 Å². The van der Waals surface area contributed by atoms with Crippen LogP contribution >= 0.6 is 0 Å². The van der Waals surface area contributed by atoms with Crippen LogP contribution in [0.4, 0.5) is 5.69 Å². The number of carbonyl (C=O) groups excluding carboxylic acids is 3. The Kier molecular flexibility index (Phi) is 15.9. The molecule has 0 saturated heterocycles. The zero-order valence-electron chi connectivity index (χ0n) is 35.8. The molecule has 0 aliphatic carbocycles. The third kappa shape index (κ3) is 10.2. The van der Waals surface area contributed by atoms with E-state index in [4.69, 9.17) is 24.2 Å². The highest BCUT2D eigenvalue weighted by Crippen LogP contribution is 2.45. The number of aromatic hydroxyl groups is 2. The van der Waals surface area contributed by atoms with Gasteiger partial charge in [-0.1, -0.05) is 72.6 Å². The number of ether oxygens (including phenoxy) is 3. The summed E-state index contributed by atoms with van der Waals surface area (Å²) in [7, 11) is 1.54. The molecule has 4 N–H and O–H groups in total. The van der Waals surface area contributed by atoms with Crippen molar-refractivity contribution in [2.75, 3.05) is 19.0 Å². The minimum Gasteiger partial charge on any atom is -0.507 e. The standard InChI is InChI=1S/C45H65N3O9/c1-12-15-23(3)18-21-33-46-37-35-34-31(50)19-20-32(55-11)27(7)43(57-30(10)49)28(8)40(51)26(6)22-24(4)16-14-17-25(5)45(54)48-39(38(37)47-33)42(53)36(35)41(52)29(9)44(34)56-13-2/h14,16-17,23-24,26-28,32-33,40,43,51-53H,12-13,15,18-22H2,1-11H3,(H,48,54)/b16-14+,25-17-/t23?,24-,26+,27+,28+,32-,33-,40+,43+/m0/s1. The Balaban J connectivity index is 2.01. The molecule has 4 rings (SSSR count). The van der Waals surface area contributed by atoms with Crippen molar-refractivity contribution >= 4 is 34.1 Å². The number of hydrogen-bond donors (Lipinski definition) is 4. The van der Waals surface area contributed by atoms with E-state index in [1.165, 1.54) is 6.92 Å². The van der Waals surface area contributed by atoms with Crippen LogP contribution < -0.4 is 20.8 Å². The van der Waals surface area contributed by atoms with E-state index in [1.807, 2.05) is 33.8 Å². The van der Waals surface area contributed by atoms with Crippen molar-refractivity contribution in [2.24, 2.45) is 39.6 Å². The monoisotopic (exact) mass is 791 g/mol. The summed E-state index contributed by atoms with van der Waals surface area (Å²) in [6.07, 6.45) is 7.13. The highest BCUT2D eigenvalue weighted by Gasteiger charge is 2.38. The second-order valence-electron chi connectivity index (χ2n) is 16.4. The minimum absolute atomic E-state index is 0.00146. The van der Waals surface area contributed by atoms with E-state index in [9.17, 15) is 29.7 Å². The smallest absolute Gasteiger partial charge is 0.302 e. The number of carbonyl (C=O) groups is 3. The fraction of sp³-hybridized carbons (Fsp3) is 0.622. The molecule has 1 amide bonds. The zero-order valence-corrected chi connectivity index (χ0v) is 35.8. The van der Waals surface area contributed by atoms with Gasteiger partial charge in [0.2, 0.25) is 0 Å². The molecule has 2 aromatic carbocycles. The summed E-state index contributed by atoms with van der Waals surface area (Å²) in [4.78, 5) is 50.9. The average Bonchev–Trinajstić information content (AvgIpc) is 3.59. The Bertz CT molecular complexity index is 1990. The molecule has 1 unspecified atom stereocenters. The maximum Gasteiger partial charge on any atom is 0.302 e. The Hall–Kier alpha value is -4.29. The molecule has 0 spiro atoms. The van der Waals surface area contributed by atoms with Gasteiger partial charge in [0.25, 0.3) is 5.91 Å². The number of nitrogens with zero attached hydrogens (tertiary/aromatic N) is 2. The lowest BCUT2D eigenvalue weighted by atomic mass is 9.79. The Morgan fingerprint density at radius 3 is 2.32 bits per heavy atom. The summed E-state index contributed by atoms with van der Waals surface area (Å²) in [5.41, 5.74) is 0.735. The summed E-state index contributed by atoms with van der Waals surface area (Å²) in [6, 6.07) is 0. The van der Waals surface area contributed by atoms with Gasteiger partial charge in [0.15, 0.2) is 11.5 Å². The molecule has 2 aliphatic heterocycles. The lowest BCUT2D eigenvalue weighted by Crippen LogP contribution is -2.44. The van der Waals surface area contributed by atoms with Crippen LogP contribution in [0.2, 0.25) is 0 Å². The molecule has 57 heavy (non-hydrogen) atoms. The topological polar surface area (TPSA) is 176 Å². The summed E-state index contributed by atoms with van der Waals surface area (Å²) >= 11 is 0. The lowest BCUT2D eigenvalue weighted by Gasteiger charge is -2.37. The van der Waals surface area contributed by atoms with Crippen LogP contribution in [0.15, 0.2) is 33.8 Å². The Morgan fingerprint density at radius 2 is 1.68 bits per heavy atom. The van der Waals surface area contributed by atoms with Crippen LogP contribution in [-0.2, 0) is 19.1 Å². The molecule has 0 radical (unpaired) electrons. The molecular weight excluding hydrogens is 727 g/mol. The number of amides is 1. The van der Waals surface area contributed by atoms with E-state index in [0.29, 0.717) is 24.3 Å². The first-order valence-electron chi connectivity index (χ1n) is 20.7. The van der Waals surface area contributed by atoms with E-state index in [0.717, 1.165) is 19.3 Å². The number of ketones is 1. The summed E-state index contributed by atoms with van der Waals surface area (Å²) in [5, 5.41) is 38.9. The molecule has 2 heterocycles. The summed E-state index contributed by atoms with van der Waals surface area (Å²) in [5.74, 6) is -2.48. The molecule has 2 aromatic rings. The van der Waals surface area contributed by atoms with Gasteiger partial charge in [0.05, 0.1) is 35.1 Å². The summed E-state index contributed by atoms with van der Waals surface area (Å²) in [6.45, 7) is 18.6. The van der Waals surface area contributed by atoms with E-state index in [2.05, 4.69) is 19.2 Å². The predicted molar refractivity (Wildman–Crippen MR) is 221 cm³/mol. The number of anilines is 1. The van der Waals surface area contributed by atoms with Gasteiger partial charge in [-0.15, -0.1) is 0 Å². The first-order chi connectivity index (χ1) is 27.0. The van der Waals surface area contributed by atoms with Crippen LogP contribution in [0, 0.1) is 36.5 Å². The maximum absolute atomic E-state index is 14.7. The van der Waals surface area contributed by atoms with Gasteiger partial charge in [-0.3, -0.25) is 24.4 Å². The second-order valence-corrected chi connectivity index (χ2v) is 16.4. The van der Waals surface area contributed by atoms with Crippen LogP contribution in [0.25, 0.3) is 10.8 Å². The molecule has 12 nitrogen and oxygen atoms in total. The third-order valence-electron chi connectivity index (χ3n) is 11.8. The number of aliphatic hydroxyl groups is 1. The number of esters is 1. The van der Waals surface area contributed by atoms with E-state index in [1.54, 1.807) is 40.0 Å². The second kappa shape index (κ2) is 19.9. The van der Waals surface area contributed by atoms with Crippen molar-refractivity contribution in [1.82, 2.24) is 0 Å². The average molecular weight is 792 g/mol. The number of aliphatic hydroxyl groups excluding tert-OH is 1. The van der Waals surface area contributed by atoms with Gasteiger partial charge in [0, 0.05) is 48.8 Å². The normalized spacial score (nSPS) is 28.2. The van der Waals surface area contributed by atoms with Gasteiger partial charge >= 0.3 is 5.97 Å². The largest absolute Gasteiger partial charge is 0.507 e. The molecule has 2 bridgehead atoms. The highest BCUT2D eigenvalue weighted by atomic mass is 16.5. The van der Waals surface area contributed by atoms with Crippen molar-refractivity contribution in [3.05, 3.63) is 45.6 Å². The molecule has 9 atom stereocenters. The van der Waals surface area contributed by atoms with Crippen molar-refractivity contribution in [2.45, 2.75) is 139 Å². The third-order valence-corrected chi connectivity index (χ3v) is 11.8. The quantitative estimate of drug-likeness (QED) is 0.149. The van der Waals surface area contributed by atoms with Gasteiger partial charge in [-0.25, -0.2) is 0 Å². The van der Waals surface area contributed by atoms with Crippen molar-refractivity contribution < 1.29 is 43.9 Å². The predicted octanol–water partition coefficient (Wildman–Crippen LogP) is 7.41. The first-order valence-corrected chi connectivity index (χ1v) is 20.7. The number of phenols is 2. The molecular formula is C45H65N3O9. The number of rotatable bonds is 9. The van der Waals surface area contributed by atoms with Crippen LogP contribution in [-0.4, -0.2) is 71.2 Å². The number of hydrogen-bond acceptors (Lipinski definition) is 11. The number of phenolic OH excluding ortho intramolecular Hbond substituents is 2. The van der Waals surface area contributed by atoms with Crippen LogP contribution in [0.3, 0.4) is 0 Å². The van der Waals surface area contributed by atoms with E-state index in [-0.39, 0.29) is 86.9 Å². The lowest BCUT2D eigenvalue weighted by molar-refractivity contribution is -0.160. The number of methoxy groups -OCH3 is 1. The molecule has 0 aromatic heterocycles. The van der Waals surface area contributed by atoms with Gasteiger partial charge in [-0.05, 0) is 64.2 Å². The van der Waals surface area contributed by atoms with Crippen LogP contribution in [0.5, 0.6) is 17.2 Å². The summed E-state index contributed by atoms with van der Waals surface area (Å²) < 4.78 is 17.9. The highest BCUT2D eigenvalue weighted by molar-refractivity contribution is 6.16. The van der Waals surface area contributed by atoms with Crippen LogP contribution in [0.1, 0.15) is 123 Å². The number of allylic oxidation sites excluding steroid dienone is 3. The molecule has 2 aliphatic rings. The molecule has 12 heteroatoms. The minimum atomic E-state index is -0.820. The fourth-order valence-corrected chi connectivity index (χ4v) is 8.55. The number of nitrogens with one attached hydrogen (secondary N) is 1. The fourth-order valence-electron chi connectivity index (χ4n) is 8.55. The molecule has 314 valence electrons. The first kappa shape index (κ1) is 45.4. The van der Waals surface area contributed by atoms with Crippen molar-refractivity contribution in [1.29, 1.82) is 0 Å². The Labute approximate surface area is 337 Å².